The van der Waals surface area contributed by atoms with E-state index in [2.05, 4.69) is 13.2 Å². The Hall–Kier alpha value is -2.15. The summed E-state index contributed by atoms with van der Waals surface area (Å²) in [5.41, 5.74) is 1.17. The molecule has 1 nitrogen and oxygen atoms in total. The summed E-state index contributed by atoms with van der Waals surface area (Å²) < 4.78 is 0. The van der Waals surface area contributed by atoms with Crippen LogP contribution in [0.5, 0.6) is 0 Å². The van der Waals surface area contributed by atoms with Gasteiger partial charge >= 0.3 is 0 Å². The highest BCUT2D eigenvalue weighted by molar-refractivity contribution is 5.99. The van der Waals surface area contributed by atoms with Crippen LogP contribution < -0.4 is 0 Å². The average molecular weight is 226 g/mol. The zero-order valence-corrected chi connectivity index (χ0v) is 10.2. The van der Waals surface area contributed by atoms with E-state index in [1.54, 1.807) is 25.2 Å². The molecule has 0 aliphatic carbocycles. The van der Waals surface area contributed by atoms with E-state index in [-0.39, 0.29) is 5.78 Å². The summed E-state index contributed by atoms with van der Waals surface area (Å²) in [5, 5.41) is 0. The van der Waals surface area contributed by atoms with Crippen LogP contribution >= 0.6 is 0 Å². The monoisotopic (exact) mass is 226 g/mol. The van der Waals surface area contributed by atoms with Crippen LogP contribution in [0.4, 0.5) is 0 Å². The highest BCUT2D eigenvalue weighted by Gasteiger charge is 1.81. The molecule has 1 aromatic carbocycles. The number of carbonyl (C=O) groups is 1. The molecule has 0 heterocycles. The second kappa shape index (κ2) is 10.4. The summed E-state index contributed by atoms with van der Waals surface area (Å²) in [4.78, 5) is 10.6. The molecule has 0 N–H and O–H groups in total. The molecule has 0 aliphatic heterocycles. The summed E-state index contributed by atoms with van der Waals surface area (Å²) in [5.74, 6) is -0.00241. The standard InChI is InChI=1S/C8H10O.C8H8/c1-3-5-7-8(9)6-4-2;1-2-8-6-4-3-5-7-8/h3-7H,1H2,2H3;2-7H,1H2. The van der Waals surface area contributed by atoms with Crippen molar-refractivity contribution in [3.8, 4) is 0 Å². The van der Waals surface area contributed by atoms with Gasteiger partial charge in [-0.1, -0.05) is 67.8 Å². The minimum absolute atomic E-state index is 0.00241. The highest BCUT2D eigenvalue weighted by Crippen LogP contribution is 1.97. The number of allylic oxidation sites excluding steroid dienone is 5. The van der Waals surface area contributed by atoms with Crippen molar-refractivity contribution in [2.45, 2.75) is 6.92 Å². The van der Waals surface area contributed by atoms with Crippen molar-refractivity contribution in [3.63, 3.8) is 0 Å². The van der Waals surface area contributed by atoms with Gasteiger partial charge in [-0.3, -0.25) is 4.79 Å². The fraction of sp³-hybridized carbons (Fsp3) is 0.0625. The Balaban J connectivity index is 0.000000302. The molecule has 0 saturated carbocycles. The molecule has 0 unspecified atom stereocenters. The first kappa shape index (κ1) is 14.8. The van der Waals surface area contributed by atoms with Crippen molar-refractivity contribution < 1.29 is 4.79 Å². The first-order valence-electron chi connectivity index (χ1n) is 5.37. The second-order valence-corrected chi connectivity index (χ2v) is 3.11. The first-order chi connectivity index (χ1) is 8.24. The number of hydrogen-bond acceptors (Lipinski definition) is 1. The lowest BCUT2D eigenvalue weighted by Crippen LogP contribution is -1.81. The number of rotatable bonds is 4. The molecule has 1 heteroatoms. The van der Waals surface area contributed by atoms with Crippen molar-refractivity contribution in [2.75, 3.05) is 0 Å². The first-order valence-corrected chi connectivity index (χ1v) is 5.37. The molecular weight excluding hydrogens is 208 g/mol. The van der Waals surface area contributed by atoms with Gasteiger partial charge in [0.1, 0.15) is 0 Å². The van der Waals surface area contributed by atoms with Crippen molar-refractivity contribution in [1.82, 2.24) is 0 Å². The van der Waals surface area contributed by atoms with Gasteiger partial charge in [0.2, 0.25) is 0 Å². The van der Waals surface area contributed by atoms with Crippen molar-refractivity contribution in [1.29, 1.82) is 0 Å². The lowest BCUT2D eigenvalue weighted by Gasteiger charge is -1.85. The Morgan fingerprint density at radius 1 is 1.12 bits per heavy atom. The van der Waals surface area contributed by atoms with Crippen LogP contribution in [0.15, 0.2) is 73.9 Å². The van der Waals surface area contributed by atoms with Gasteiger partial charge in [-0.25, -0.2) is 0 Å². The molecular formula is C16H18O. The van der Waals surface area contributed by atoms with E-state index < -0.39 is 0 Å². The average Bonchev–Trinajstić information content (AvgIpc) is 2.38. The van der Waals surface area contributed by atoms with E-state index in [0.29, 0.717) is 0 Å². The van der Waals surface area contributed by atoms with Crippen LogP contribution in [0.2, 0.25) is 0 Å². The number of benzene rings is 1. The zero-order valence-electron chi connectivity index (χ0n) is 10.2. The highest BCUT2D eigenvalue weighted by atomic mass is 16.1. The van der Waals surface area contributed by atoms with E-state index in [1.807, 2.05) is 36.4 Å². The summed E-state index contributed by atoms with van der Waals surface area (Å²) in [6.07, 6.45) is 9.69. The summed E-state index contributed by atoms with van der Waals surface area (Å²) >= 11 is 0. The van der Waals surface area contributed by atoms with Gasteiger partial charge in [-0.2, -0.15) is 0 Å². The third kappa shape index (κ3) is 8.82. The van der Waals surface area contributed by atoms with Crippen molar-refractivity contribution in [3.05, 3.63) is 79.4 Å². The van der Waals surface area contributed by atoms with E-state index in [0.717, 1.165) is 0 Å². The molecule has 0 aromatic heterocycles. The minimum Gasteiger partial charge on any atom is -0.290 e. The maximum atomic E-state index is 10.6. The molecule has 1 rings (SSSR count). The van der Waals surface area contributed by atoms with Crippen LogP contribution in [-0.2, 0) is 4.79 Å². The molecule has 17 heavy (non-hydrogen) atoms. The third-order valence-electron chi connectivity index (χ3n) is 1.76. The zero-order chi connectivity index (χ0) is 12.9. The molecule has 0 aliphatic rings. The molecule has 1 aromatic rings. The quantitative estimate of drug-likeness (QED) is 0.555. The fourth-order valence-electron chi connectivity index (χ4n) is 0.972. The van der Waals surface area contributed by atoms with Gasteiger partial charge in [0.15, 0.2) is 5.78 Å². The minimum atomic E-state index is -0.00241. The number of carbonyl (C=O) groups excluding carboxylic acids is 1. The smallest absolute Gasteiger partial charge is 0.178 e. The fourth-order valence-corrected chi connectivity index (χ4v) is 0.972. The number of ketones is 1. The van der Waals surface area contributed by atoms with Crippen molar-refractivity contribution >= 4 is 11.9 Å². The van der Waals surface area contributed by atoms with Crippen LogP contribution in [0.25, 0.3) is 6.08 Å². The molecule has 0 spiro atoms. The Kier molecular flexibility index (Phi) is 9.06. The third-order valence-corrected chi connectivity index (χ3v) is 1.76. The second-order valence-electron chi connectivity index (χ2n) is 3.11. The summed E-state index contributed by atoms with van der Waals surface area (Å²) in [7, 11) is 0. The van der Waals surface area contributed by atoms with Gasteiger partial charge in [0.05, 0.1) is 0 Å². The SMILES string of the molecule is C=CC=CC(=O)C=CC.C=Cc1ccccc1. The van der Waals surface area contributed by atoms with E-state index in [9.17, 15) is 4.79 Å². The van der Waals surface area contributed by atoms with Gasteiger partial charge in [0.25, 0.3) is 0 Å². The van der Waals surface area contributed by atoms with Gasteiger partial charge in [0, 0.05) is 0 Å². The Morgan fingerprint density at radius 3 is 2.18 bits per heavy atom. The molecule has 0 saturated heterocycles. The Morgan fingerprint density at radius 2 is 1.76 bits per heavy atom. The molecule has 0 amide bonds. The predicted molar refractivity (Wildman–Crippen MR) is 75.7 cm³/mol. The molecule has 0 fully saturated rings. The molecule has 0 bridgehead atoms. The molecule has 0 atom stereocenters. The van der Waals surface area contributed by atoms with Crippen LogP contribution in [0.1, 0.15) is 12.5 Å². The van der Waals surface area contributed by atoms with Crippen LogP contribution in [0, 0.1) is 0 Å². The van der Waals surface area contributed by atoms with E-state index in [4.69, 9.17) is 0 Å². The normalized spacial score (nSPS) is 9.71. The predicted octanol–water partition coefficient (Wildman–Crippen LogP) is 4.20. The Bertz CT molecular complexity index is 397. The van der Waals surface area contributed by atoms with Gasteiger partial charge < -0.3 is 0 Å². The maximum Gasteiger partial charge on any atom is 0.178 e. The summed E-state index contributed by atoms with van der Waals surface area (Å²) in [6.45, 7) is 8.87. The maximum absolute atomic E-state index is 10.6. The van der Waals surface area contributed by atoms with Gasteiger partial charge in [-0.05, 0) is 24.6 Å². The molecule has 88 valence electrons. The van der Waals surface area contributed by atoms with E-state index >= 15 is 0 Å². The van der Waals surface area contributed by atoms with Crippen molar-refractivity contribution in [2.24, 2.45) is 0 Å². The topological polar surface area (TPSA) is 17.1 Å². The largest absolute Gasteiger partial charge is 0.290 e. The molecule has 0 radical (unpaired) electrons. The summed E-state index contributed by atoms with van der Waals surface area (Å²) in [6, 6.07) is 10.0. The van der Waals surface area contributed by atoms with Crippen LogP contribution in [0.3, 0.4) is 0 Å². The van der Waals surface area contributed by atoms with E-state index in [1.165, 1.54) is 17.7 Å². The van der Waals surface area contributed by atoms with Crippen LogP contribution in [-0.4, -0.2) is 5.78 Å². The Labute approximate surface area is 103 Å². The van der Waals surface area contributed by atoms with Gasteiger partial charge in [-0.15, -0.1) is 0 Å². The lowest BCUT2D eigenvalue weighted by molar-refractivity contribution is -0.110. The number of hydrogen-bond donors (Lipinski definition) is 0. The lowest BCUT2D eigenvalue weighted by atomic mass is 10.2.